The van der Waals surface area contributed by atoms with E-state index in [1.165, 1.54) is 0 Å². The Morgan fingerprint density at radius 1 is 1.03 bits per heavy atom. The van der Waals surface area contributed by atoms with E-state index in [0.29, 0.717) is 17.9 Å². The van der Waals surface area contributed by atoms with Gasteiger partial charge in [-0.15, -0.1) is 0 Å². The average molecular weight is 437 g/mol. The van der Waals surface area contributed by atoms with E-state index in [2.05, 4.69) is 10.5 Å². The topological polar surface area (TPSA) is 90.7 Å². The SMILES string of the molecule is Cc1noc(C)c1COc1ccc(C(=O)NC(CC(=O)OC(C)C)c2ccccc2)cc1. The second-order valence-corrected chi connectivity index (χ2v) is 7.80. The van der Waals surface area contributed by atoms with Gasteiger partial charge in [0, 0.05) is 5.56 Å². The lowest BCUT2D eigenvalue weighted by atomic mass is 10.0. The number of ether oxygens (including phenoxy) is 2. The Kier molecular flexibility index (Phi) is 7.65. The van der Waals surface area contributed by atoms with Gasteiger partial charge in [-0.2, -0.15) is 0 Å². The zero-order chi connectivity index (χ0) is 23.1. The molecular formula is C25H28N2O5. The van der Waals surface area contributed by atoms with Gasteiger partial charge in [0.25, 0.3) is 5.91 Å². The Hall–Kier alpha value is -3.61. The van der Waals surface area contributed by atoms with Gasteiger partial charge in [-0.1, -0.05) is 35.5 Å². The molecule has 1 amide bonds. The Morgan fingerprint density at radius 2 is 1.72 bits per heavy atom. The molecule has 0 saturated heterocycles. The third-order valence-electron chi connectivity index (χ3n) is 4.93. The number of hydrogen-bond donors (Lipinski definition) is 1. The maximum atomic E-state index is 12.9. The van der Waals surface area contributed by atoms with Crippen molar-refractivity contribution >= 4 is 11.9 Å². The molecule has 0 spiro atoms. The predicted octanol–water partition coefficient (Wildman–Crippen LogP) is 4.68. The van der Waals surface area contributed by atoms with E-state index in [1.807, 2.05) is 44.2 Å². The summed E-state index contributed by atoms with van der Waals surface area (Å²) in [5.41, 5.74) is 3.00. The number of hydrogen-bond acceptors (Lipinski definition) is 6. The highest BCUT2D eigenvalue weighted by molar-refractivity contribution is 5.94. The molecule has 1 atom stereocenters. The van der Waals surface area contributed by atoms with E-state index in [9.17, 15) is 9.59 Å². The molecule has 1 aromatic heterocycles. The summed E-state index contributed by atoms with van der Waals surface area (Å²) in [5.74, 6) is 0.703. The largest absolute Gasteiger partial charge is 0.489 e. The molecule has 1 unspecified atom stereocenters. The molecule has 1 heterocycles. The first-order valence-electron chi connectivity index (χ1n) is 10.5. The number of benzene rings is 2. The van der Waals surface area contributed by atoms with Crippen molar-refractivity contribution in [2.24, 2.45) is 0 Å². The molecule has 1 N–H and O–H groups in total. The van der Waals surface area contributed by atoms with E-state index in [4.69, 9.17) is 14.0 Å². The number of aryl methyl sites for hydroxylation is 2. The van der Waals surface area contributed by atoms with Crippen molar-refractivity contribution in [2.75, 3.05) is 0 Å². The summed E-state index contributed by atoms with van der Waals surface area (Å²) in [6, 6.07) is 15.7. The highest BCUT2D eigenvalue weighted by Gasteiger charge is 2.21. The maximum Gasteiger partial charge on any atom is 0.308 e. The van der Waals surface area contributed by atoms with Crippen molar-refractivity contribution in [2.45, 2.75) is 52.9 Å². The molecule has 0 fully saturated rings. The molecule has 0 radical (unpaired) electrons. The summed E-state index contributed by atoms with van der Waals surface area (Å²) in [7, 11) is 0. The first-order valence-corrected chi connectivity index (χ1v) is 10.5. The van der Waals surface area contributed by atoms with Crippen LogP contribution in [0.4, 0.5) is 0 Å². The predicted molar refractivity (Wildman–Crippen MR) is 119 cm³/mol. The number of nitrogens with zero attached hydrogens (tertiary/aromatic N) is 1. The molecule has 0 saturated carbocycles. The molecule has 3 aromatic rings. The quantitative estimate of drug-likeness (QED) is 0.490. The van der Waals surface area contributed by atoms with E-state index in [0.717, 1.165) is 22.6 Å². The maximum absolute atomic E-state index is 12.9. The lowest BCUT2D eigenvalue weighted by Crippen LogP contribution is -2.31. The Morgan fingerprint density at radius 3 is 2.31 bits per heavy atom. The van der Waals surface area contributed by atoms with Crippen LogP contribution in [0.15, 0.2) is 59.1 Å². The van der Waals surface area contributed by atoms with Crippen LogP contribution < -0.4 is 10.1 Å². The number of carbonyl (C=O) groups excluding carboxylic acids is 2. The van der Waals surface area contributed by atoms with Crippen LogP contribution in [0.1, 0.15) is 59.2 Å². The van der Waals surface area contributed by atoms with Gasteiger partial charge in [-0.25, -0.2) is 0 Å². The summed E-state index contributed by atoms with van der Waals surface area (Å²) >= 11 is 0. The van der Waals surface area contributed by atoms with Crippen molar-refractivity contribution in [1.29, 1.82) is 0 Å². The number of aromatic nitrogens is 1. The highest BCUT2D eigenvalue weighted by atomic mass is 16.5. The van der Waals surface area contributed by atoms with E-state index >= 15 is 0 Å². The number of esters is 1. The first kappa shape index (κ1) is 23.1. The second kappa shape index (κ2) is 10.6. The monoisotopic (exact) mass is 436 g/mol. The van der Waals surface area contributed by atoms with Gasteiger partial charge in [-0.3, -0.25) is 9.59 Å². The van der Waals surface area contributed by atoms with Crippen molar-refractivity contribution in [3.63, 3.8) is 0 Å². The molecule has 7 nitrogen and oxygen atoms in total. The minimum atomic E-state index is -0.495. The molecule has 0 bridgehead atoms. The van der Waals surface area contributed by atoms with Crippen LogP contribution in [0.5, 0.6) is 5.75 Å². The van der Waals surface area contributed by atoms with Crippen molar-refractivity contribution in [3.8, 4) is 5.75 Å². The minimum Gasteiger partial charge on any atom is -0.489 e. The molecule has 3 rings (SSSR count). The smallest absolute Gasteiger partial charge is 0.308 e. The van der Waals surface area contributed by atoms with Crippen LogP contribution in [0.2, 0.25) is 0 Å². The number of rotatable bonds is 9. The molecule has 0 aliphatic rings. The summed E-state index contributed by atoms with van der Waals surface area (Å²) in [6.07, 6.45) is -0.167. The molecule has 2 aromatic carbocycles. The fourth-order valence-corrected chi connectivity index (χ4v) is 3.22. The molecular weight excluding hydrogens is 408 g/mol. The van der Waals surface area contributed by atoms with Gasteiger partial charge in [0.15, 0.2) is 0 Å². The van der Waals surface area contributed by atoms with Crippen molar-refractivity contribution < 1.29 is 23.6 Å². The van der Waals surface area contributed by atoms with E-state index in [-0.39, 0.29) is 24.4 Å². The van der Waals surface area contributed by atoms with Gasteiger partial charge in [0.05, 0.1) is 29.8 Å². The van der Waals surface area contributed by atoms with Gasteiger partial charge in [-0.05, 0) is 57.5 Å². The molecule has 32 heavy (non-hydrogen) atoms. The standard InChI is InChI=1S/C25H28N2O5/c1-16(2)31-24(28)14-23(19-8-6-5-7-9-19)26-25(29)20-10-12-21(13-11-20)30-15-22-17(3)27-32-18(22)4/h5-13,16,23H,14-15H2,1-4H3,(H,26,29). The van der Waals surface area contributed by atoms with Crippen molar-refractivity contribution in [3.05, 3.63) is 82.7 Å². The summed E-state index contributed by atoms with van der Waals surface area (Å²) < 4.78 is 16.2. The zero-order valence-corrected chi connectivity index (χ0v) is 18.8. The third kappa shape index (κ3) is 6.20. The van der Waals surface area contributed by atoms with Gasteiger partial charge in [0.1, 0.15) is 18.1 Å². The Balaban J connectivity index is 1.65. The molecule has 0 aliphatic carbocycles. The van der Waals surface area contributed by atoms with Crippen LogP contribution in [0, 0.1) is 13.8 Å². The van der Waals surface area contributed by atoms with Crippen LogP contribution >= 0.6 is 0 Å². The second-order valence-electron chi connectivity index (χ2n) is 7.80. The average Bonchev–Trinajstić information content (AvgIpc) is 3.09. The number of carbonyl (C=O) groups is 2. The summed E-state index contributed by atoms with van der Waals surface area (Å²) in [5, 5.41) is 6.85. The van der Waals surface area contributed by atoms with Crippen LogP contribution in [-0.4, -0.2) is 23.1 Å². The van der Waals surface area contributed by atoms with E-state index < -0.39 is 6.04 Å². The Bertz CT molecular complexity index is 1020. The highest BCUT2D eigenvalue weighted by Crippen LogP contribution is 2.21. The molecule has 7 heteroatoms. The number of amides is 1. The molecule has 168 valence electrons. The lowest BCUT2D eigenvalue weighted by molar-refractivity contribution is -0.147. The van der Waals surface area contributed by atoms with E-state index in [1.54, 1.807) is 38.1 Å². The first-order chi connectivity index (χ1) is 15.3. The van der Waals surface area contributed by atoms with Crippen molar-refractivity contribution in [1.82, 2.24) is 10.5 Å². The van der Waals surface area contributed by atoms with Crippen LogP contribution in [0.25, 0.3) is 0 Å². The summed E-state index contributed by atoms with van der Waals surface area (Å²) in [6.45, 7) is 7.63. The zero-order valence-electron chi connectivity index (χ0n) is 18.8. The van der Waals surface area contributed by atoms with Gasteiger partial charge >= 0.3 is 5.97 Å². The normalized spacial score (nSPS) is 11.8. The Labute approximate surface area is 187 Å². The third-order valence-corrected chi connectivity index (χ3v) is 4.93. The fraction of sp³-hybridized carbons (Fsp3) is 0.320. The minimum absolute atomic E-state index is 0.0482. The van der Waals surface area contributed by atoms with Crippen LogP contribution in [0.3, 0.4) is 0 Å². The fourth-order valence-electron chi connectivity index (χ4n) is 3.22. The number of nitrogens with one attached hydrogen (secondary N) is 1. The lowest BCUT2D eigenvalue weighted by Gasteiger charge is -2.19. The summed E-state index contributed by atoms with van der Waals surface area (Å²) in [4.78, 5) is 25.1. The molecule has 0 aliphatic heterocycles. The van der Waals surface area contributed by atoms with Crippen LogP contribution in [-0.2, 0) is 16.1 Å². The van der Waals surface area contributed by atoms with Gasteiger partial charge < -0.3 is 19.3 Å². The van der Waals surface area contributed by atoms with Gasteiger partial charge in [0.2, 0.25) is 0 Å².